The van der Waals surface area contributed by atoms with E-state index in [2.05, 4.69) is 15.3 Å². The predicted molar refractivity (Wildman–Crippen MR) is 84.1 cm³/mol. The quantitative estimate of drug-likeness (QED) is 0.932. The van der Waals surface area contributed by atoms with E-state index in [1.165, 1.54) is 7.11 Å². The monoisotopic (exact) mass is 338 g/mol. The minimum Gasteiger partial charge on any atom is -0.496 e. The van der Waals surface area contributed by atoms with Crippen LogP contribution in [0.15, 0.2) is 30.3 Å². The van der Waals surface area contributed by atoms with Gasteiger partial charge in [-0.15, -0.1) is 0 Å². The van der Waals surface area contributed by atoms with Crippen molar-refractivity contribution in [1.82, 2.24) is 15.3 Å². The van der Waals surface area contributed by atoms with Crippen molar-refractivity contribution in [3.05, 3.63) is 36.0 Å². The van der Waals surface area contributed by atoms with E-state index in [0.717, 1.165) is 6.07 Å². The largest absolute Gasteiger partial charge is 0.496 e. The zero-order chi connectivity index (χ0) is 17.2. The van der Waals surface area contributed by atoms with Crippen LogP contribution in [0.1, 0.15) is 5.69 Å². The zero-order valence-electron chi connectivity index (χ0n) is 13.1. The average Bonchev–Trinajstić information content (AvgIpc) is 2.61. The fourth-order valence-corrected chi connectivity index (χ4v) is 2.58. The van der Waals surface area contributed by atoms with E-state index in [1.807, 2.05) is 0 Å². The van der Waals surface area contributed by atoms with Gasteiger partial charge in [0, 0.05) is 31.7 Å². The maximum Gasteiger partial charge on any atom is 0.433 e. The minimum atomic E-state index is -4.54. The van der Waals surface area contributed by atoms with Gasteiger partial charge in [-0.25, -0.2) is 9.97 Å². The number of alkyl halides is 3. The lowest BCUT2D eigenvalue weighted by Crippen LogP contribution is -2.44. The van der Waals surface area contributed by atoms with Crippen molar-refractivity contribution in [3.8, 4) is 17.0 Å². The van der Waals surface area contributed by atoms with E-state index in [4.69, 9.17) is 4.74 Å². The summed E-state index contributed by atoms with van der Waals surface area (Å²) in [6.07, 6.45) is -4.54. The highest BCUT2D eigenvalue weighted by Crippen LogP contribution is 2.34. The first-order valence-electron chi connectivity index (χ1n) is 7.54. The number of nitrogens with one attached hydrogen (secondary N) is 1. The molecule has 0 radical (unpaired) electrons. The smallest absolute Gasteiger partial charge is 0.433 e. The van der Waals surface area contributed by atoms with Gasteiger partial charge in [-0.05, 0) is 18.2 Å². The van der Waals surface area contributed by atoms with Gasteiger partial charge in [-0.3, -0.25) is 0 Å². The summed E-state index contributed by atoms with van der Waals surface area (Å²) in [4.78, 5) is 9.84. The third-order valence-electron chi connectivity index (χ3n) is 3.79. The number of halogens is 3. The fraction of sp³-hybridized carbons (Fsp3) is 0.375. The van der Waals surface area contributed by atoms with Crippen LogP contribution in [0.4, 0.5) is 19.1 Å². The van der Waals surface area contributed by atoms with Crippen molar-refractivity contribution in [1.29, 1.82) is 0 Å². The van der Waals surface area contributed by atoms with Crippen LogP contribution in [-0.2, 0) is 6.18 Å². The number of methoxy groups -OCH3 is 1. The van der Waals surface area contributed by atoms with E-state index in [-0.39, 0.29) is 11.6 Å². The second kappa shape index (κ2) is 6.64. The summed E-state index contributed by atoms with van der Waals surface area (Å²) >= 11 is 0. The minimum absolute atomic E-state index is 0.0900. The third kappa shape index (κ3) is 3.43. The Morgan fingerprint density at radius 1 is 1.12 bits per heavy atom. The van der Waals surface area contributed by atoms with Crippen molar-refractivity contribution in [2.75, 3.05) is 38.2 Å². The first kappa shape index (κ1) is 16.5. The van der Waals surface area contributed by atoms with Gasteiger partial charge in [-0.1, -0.05) is 12.1 Å². The molecule has 1 aliphatic heterocycles. The summed E-state index contributed by atoms with van der Waals surface area (Å²) in [6.45, 7) is 2.49. The molecule has 3 rings (SSSR count). The number of benzene rings is 1. The molecule has 2 aromatic rings. The molecule has 0 amide bonds. The predicted octanol–water partition coefficient (Wildman–Crippen LogP) is 2.58. The van der Waals surface area contributed by atoms with E-state index in [1.54, 1.807) is 29.2 Å². The van der Waals surface area contributed by atoms with Crippen molar-refractivity contribution < 1.29 is 17.9 Å². The van der Waals surface area contributed by atoms with Crippen LogP contribution >= 0.6 is 0 Å². The highest BCUT2D eigenvalue weighted by Gasteiger charge is 2.34. The van der Waals surface area contributed by atoms with Gasteiger partial charge in [0.15, 0.2) is 5.69 Å². The Kier molecular flexibility index (Phi) is 4.57. The molecular weight excluding hydrogens is 321 g/mol. The summed E-state index contributed by atoms with van der Waals surface area (Å²) in [5.41, 5.74) is -0.250. The van der Waals surface area contributed by atoms with Gasteiger partial charge in [0.25, 0.3) is 0 Å². The Labute approximate surface area is 137 Å². The number of rotatable bonds is 3. The Morgan fingerprint density at radius 2 is 1.83 bits per heavy atom. The summed E-state index contributed by atoms with van der Waals surface area (Å²) in [5, 5.41) is 3.15. The zero-order valence-corrected chi connectivity index (χ0v) is 13.1. The van der Waals surface area contributed by atoms with Crippen LogP contribution in [0.25, 0.3) is 11.3 Å². The van der Waals surface area contributed by atoms with Crippen LogP contribution in [0.3, 0.4) is 0 Å². The van der Waals surface area contributed by atoms with Crippen LogP contribution in [0.5, 0.6) is 5.75 Å². The molecule has 24 heavy (non-hydrogen) atoms. The molecule has 1 N–H and O–H groups in total. The maximum atomic E-state index is 13.3. The SMILES string of the molecule is COc1ccccc1-c1cc(C(F)(F)F)nc(N2CCNCC2)n1. The van der Waals surface area contributed by atoms with Crippen molar-refractivity contribution in [3.63, 3.8) is 0 Å². The Hall–Kier alpha value is -2.35. The molecule has 0 aliphatic carbocycles. The molecule has 8 heteroatoms. The molecule has 0 bridgehead atoms. The van der Waals surface area contributed by atoms with E-state index in [0.29, 0.717) is 37.5 Å². The molecule has 5 nitrogen and oxygen atoms in total. The number of anilines is 1. The van der Waals surface area contributed by atoms with Crippen LogP contribution in [0, 0.1) is 0 Å². The van der Waals surface area contributed by atoms with E-state index in [9.17, 15) is 13.2 Å². The lowest BCUT2D eigenvalue weighted by Gasteiger charge is -2.28. The molecule has 0 spiro atoms. The topological polar surface area (TPSA) is 50.3 Å². The molecule has 0 unspecified atom stereocenters. The molecule has 128 valence electrons. The Morgan fingerprint density at radius 3 is 2.50 bits per heavy atom. The molecule has 1 aromatic carbocycles. The standard InChI is InChI=1S/C16H17F3N4O/c1-24-13-5-3-2-4-11(13)12-10-14(16(17,18)19)22-15(21-12)23-8-6-20-7-9-23/h2-5,10,20H,6-9H2,1H3. The fourth-order valence-electron chi connectivity index (χ4n) is 2.58. The molecule has 1 aliphatic rings. The van der Waals surface area contributed by atoms with Gasteiger partial charge in [0.05, 0.1) is 12.8 Å². The van der Waals surface area contributed by atoms with Crippen LogP contribution in [-0.4, -0.2) is 43.3 Å². The molecule has 0 saturated carbocycles. The van der Waals surface area contributed by atoms with Gasteiger partial charge < -0.3 is 15.0 Å². The molecule has 1 fully saturated rings. The highest BCUT2D eigenvalue weighted by atomic mass is 19.4. The third-order valence-corrected chi connectivity index (χ3v) is 3.79. The highest BCUT2D eigenvalue weighted by molar-refractivity contribution is 5.68. The summed E-state index contributed by atoms with van der Waals surface area (Å²) < 4.78 is 45.0. The Bertz CT molecular complexity index is 715. The number of nitrogens with zero attached hydrogens (tertiary/aromatic N) is 3. The lowest BCUT2D eigenvalue weighted by atomic mass is 10.1. The normalized spacial score (nSPS) is 15.4. The lowest BCUT2D eigenvalue weighted by molar-refractivity contribution is -0.141. The van der Waals surface area contributed by atoms with Crippen LogP contribution in [0.2, 0.25) is 0 Å². The number of hydrogen-bond donors (Lipinski definition) is 1. The van der Waals surface area contributed by atoms with Crippen molar-refractivity contribution >= 4 is 5.95 Å². The second-order valence-electron chi connectivity index (χ2n) is 5.37. The molecule has 1 saturated heterocycles. The number of para-hydroxylation sites is 1. The number of piperazine rings is 1. The number of aromatic nitrogens is 2. The maximum absolute atomic E-state index is 13.3. The molecule has 2 heterocycles. The van der Waals surface area contributed by atoms with Gasteiger partial charge in [-0.2, -0.15) is 13.2 Å². The van der Waals surface area contributed by atoms with Crippen molar-refractivity contribution in [2.45, 2.75) is 6.18 Å². The van der Waals surface area contributed by atoms with Gasteiger partial charge >= 0.3 is 6.18 Å². The Balaban J connectivity index is 2.11. The summed E-state index contributed by atoms with van der Waals surface area (Å²) in [7, 11) is 1.47. The summed E-state index contributed by atoms with van der Waals surface area (Å²) in [6, 6.07) is 7.82. The summed E-state index contributed by atoms with van der Waals surface area (Å²) in [5.74, 6) is 0.558. The van der Waals surface area contributed by atoms with E-state index < -0.39 is 11.9 Å². The van der Waals surface area contributed by atoms with Gasteiger partial charge in [0.1, 0.15) is 5.75 Å². The number of hydrogen-bond acceptors (Lipinski definition) is 5. The molecule has 0 atom stereocenters. The van der Waals surface area contributed by atoms with Crippen LogP contribution < -0.4 is 15.0 Å². The first-order chi connectivity index (χ1) is 11.5. The molecule has 1 aromatic heterocycles. The molecular formula is C16H17F3N4O. The van der Waals surface area contributed by atoms with Crippen molar-refractivity contribution in [2.24, 2.45) is 0 Å². The number of ether oxygens (including phenoxy) is 1. The van der Waals surface area contributed by atoms with Gasteiger partial charge in [0.2, 0.25) is 5.95 Å². The second-order valence-corrected chi connectivity index (χ2v) is 5.37. The first-order valence-corrected chi connectivity index (χ1v) is 7.54. The van der Waals surface area contributed by atoms with E-state index >= 15 is 0 Å². The average molecular weight is 338 g/mol.